The van der Waals surface area contributed by atoms with Gasteiger partial charge in [0.15, 0.2) is 0 Å². The van der Waals surface area contributed by atoms with Crippen LogP contribution in [0.2, 0.25) is 0 Å². The van der Waals surface area contributed by atoms with Crippen LogP contribution < -0.4 is 16.2 Å². The van der Waals surface area contributed by atoms with E-state index >= 15 is 0 Å². The van der Waals surface area contributed by atoms with Crippen molar-refractivity contribution in [2.75, 3.05) is 24.6 Å². The topological polar surface area (TPSA) is 116 Å². The number of nitrogens with two attached hydrogens (primary N) is 1. The predicted molar refractivity (Wildman–Crippen MR) is 111 cm³/mol. The van der Waals surface area contributed by atoms with E-state index in [2.05, 4.69) is 9.97 Å². The summed E-state index contributed by atoms with van der Waals surface area (Å²) >= 11 is 0. The van der Waals surface area contributed by atoms with Crippen LogP contribution in [-0.4, -0.2) is 45.1 Å². The summed E-state index contributed by atoms with van der Waals surface area (Å²) in [6.07, 6.45) is 3.53. The summed E-state index contributed by atoms with van der Waals surface area (Å²) in [4.78, 5) is 39.0. The van der Waals surface area contributed by atoms with Gasteiger partial charge in [-0.2, -0.15) is 0 Å². The summed E-state index contributed by atoms with van der Waals surface area (Å²) in [5, 5.41) is 0. The van der Waals surface area contributed by atoms with E-state index in [4.69, 9.17) is 15.5 Å². The maximum Gasteiger partial charge on any atom is 0.255 e. The highest BCUT2D eigenvalue weighted by Gasteiger charge is 2.24. The highest BCUT2D eigenvalue weighted by atomic mass is 16.5. The average Bonchev–Trinajstić information content (AvgIpc) is 3.02. The van der Waals surface area contributed by atoms with Crippen molar-refractivity contribution in [3.8, 4) is 11.4 Å². The van der Waals surface area contributed by atoms with Gasteiger partial charge in [0.2, 0.25) is 11.9 Å². The van der Waals surface area contributed by atoms with Crippen molar-refractivity contribution in [1.29, 1.82) is 0 Å². The molecule has 2 N–H and O–H groups in total. The molecule has 1 amide bonds. The van der Waals surface area contributed by atoms with E-state index in [1.165, 1.54) is 17.0 Å². The summed E-state index contributed by atoms with van der Waals surface area (Å²) in [6.45, 7) is 1.72. The molecule has 1 fully saturated rings. The molecule has 1 aliphatic heterocycles. The number of nitrogens with zero attached hydrogens (tertiary/aromatic N) is 5. The summed E-state index contributed by atoms with van der Waals surface area (Å²) in [6, 6.07) is 10.3. The van der Waals surface area contributed by atoms with Crippen molar-refractivity contribution in [2.45, 2.75) is 12.5 Å². The quantitative estimate of drug-likeness (QED) is 0.694. The molecule has 3 heterocycles. The fourth-order valence-electron chi connectivity index (χ4n) is 3.48. The third kappa shape index (κ3) is 4.06. The Morgan fingerprint density at radius 2 is 2.10 bits per heavy atom. The number of ether oxygens (including phenoxy) is 1. The molecule has 0 spiro atoms. The van der Waals surface area contributed by atoms with Gasteiger partial charge in [-0.25, -0.2) is 15.0 Å². The molecule has 1 aliphatic rings. The number of benzene rings is 1. The van der Waals surface area contributed by atoms with E-state index in [1.807, 2.05) is 11.0 Å². The minimum atomic E-state index is -0.482. The summed E-state index contributed by atoms with van der Waals surface area (Å²) in [5.74, 6) is 0.0570. The zero-order valence-electron chi connectivity index (χ0n) is 16.6. The van der Waals surface area contributed by atoms with E-state index < -0.39 is 5.91 Å². The Hall–Kier alpha value is -3.59. The fourth-order valence-corrected chi connectivity index (χ4v) is 3.48. The molecule has 3 aromatic rings. The summed E-state index contributed by atoms with van der Waals surface area (Å²) < 4.78 is 7.55. The van der Waals surface area contributed by atoms with Crippen LogP contribution in [0.5, 0.6) is 0 Å². The van der Waals surface area contributed by atoms with Crippen LogP contribution in [0.1, 0.15) is 28.4 Å². The maximum atomic E-state index is 12.6. The zero-order valence-corrected chi connectivity index (χ0v) is 16.6. The Morgan fingerprint density at radius 1 is 1.23 bits per heavy atom. The van der Waals surface area contributed by atoms with Crippen molar-refractivity contribution < 1.29 is 9.53 Å². The zero-order chi connectivity index (χ0) is 21.1. The second-order valence-electron chi connectivity index (χ2n) is 7.08. The third-order valence-electron chi connectivity index (χ3n) is 5.06. The second-order valence-corrected chi connectivity index (χ2v) is 7.08. The molecule has 0 bridgehead atoms. The first kappa shape index (κ1) is 19.7. The van der Waals surface area contributed by atoms with Crippen LogP contribution in [0.4, 0.5) is 5.95 Å². The van der Waals surface area contributed by atoms with Crippen molar-refractivity contribution in [1.82, 2.24) is 19.5 Å². The minimum Gasteiger partial charge on any atom is -0.372 e. The predicted octanol–water partition coefficient (Wildman–Crippen LogP) is 1.30. The smallest absolute Gasteiger partial charge is 0.255 e. The number of amides is 1. The van der Waals surface area contributed by atoms with Crippen LogP contribution in [-0.2, 0) is 11.8 Å². The molecule has 0 aliphatic carbocycles. The average molecular weight is 406 g/mol. The number of hydrogen-bond acceptors (Lipinski definition) is 7. The molecular weight excluding hydrogens is 384 g/mol. The first-order valence-corrected chi connectivity index (χ1v) is 9.63. The van der Waals surface area contributed by atoms with Gasteiger partial charge in [-0.15, -0.1) is 0 Å². The third-order valence-corrected chi connectivity index (χ3v) is 5.06. The van der Waals surface area contributed by atoms with Gasteiger partial charge in [0.25, 0.3) is 5.56 Å². The van der Waals surface area contributed by atoms with Crippen LogP contribution in [0, 0.1) is 0 Å². The van der Waals surface area contributed by atoms with Crippen LogP contribution in [0.25, 0.3) is 11.4 Å². The molecule has 0 saturated carbocycles. The van der Waals surface area contributed by atoms with Gasteiger partial charge in [-0.1, -0.05) is 12.1 Å². The molecule has 9 heteroatoms. The molecule has 154 valence electrons. The Morgan fingerprint density at radius 3 is 2.87 bits per heavy atom. The molecule has 30 heavy (non-hydrogen) atoms. The second kappa shape index (κ2) is 8.42. The number of carbonyl (C=O) groups excluding carboxylic acids is 1. The van der Waals surface area contributed by atoms with Crippen LogP contribution in [0.3, 0.4) is 0 Å². The van der Waals surface area contributed by atoms with E-state index in [1.54, 1.807) is 37.5 Å². The van der Waals surface area contributed by atoms with Crippen molar-refractivity contribution in [2.24, 2.45) is 12.8 Å². The highest BCUT2D eigenvalue weighted by molar-refractivity contribution is 5.92. The standard InChI is InChI=1S/C21H22N6O3/c1-26-19(28)11-17(16-6-7-23-13-24-16)25-21(26)27-8-3-9-30-18(12-27)14-4-2-5-15(10-14)20(22)29/h2,4-7,10-11,13,18H,3,8-9,12H2,1H3,(H2,22,29)/t18-/m0/s1. The van der Waals surface area contributed by atoms with Crippen LogP contribution in [0.15, 0.2) is 53.7 Å². The normalized spacial score (nSPS) is 16.8. The fraction of sp³-hybridized carbons (Fsp3) is 0.286. The van der Waals surface area contributed by atoms with Crippen molar-refractivity contribution in [3.05, 3.63) is 70.4 Å². The van der Waals surface area contributed by atoms with Gasteiger partial charge in [-0.3, -0.25) is 14.2 Å². The lowest BCUT2D eigenvalue weighted by molar-refractivity contribution is 0.0685. The number of anilines is 1. The summed E-state index contributed by atoms with van der Waals surface area (Å²) in [7, 11) is 1.70. The Bertz CT molecular complexity index is 1120. The largest absolute Gasteiger partial charge is 0.372 e. The van der Waals surface area contributed by atoms with E-state index in [0.717, 1.165) is 12.0 Å². The molecule has 9 nitrogen and oxygen atoms in total. The molecular formula is C21H22N6O3. The number of primary amides is 1. The molecule has 1 aromatic carbocycles. The van der Waals surface area contributed by atoms with Gasteiger partial charge in [-0.05, 0) is 30.2 Å². The molecule has 0 unspecified atom stereocenters. The van der Waals surface area contributed by atoms with Gasteiger partial charge in [0.1, 0.15) is 12.4 Å². The first-order valence-electron chi connectivity index (χ1n) is 9.63. The van der Waals surface area contributed by atoms with Gasteiger partial charge in [0, 0.05) is 38.0 Å². The number of rotatable bonds is 4. The highest BCUT2D eigenvalue weighted by Crippen LogP contribution is 2.26. The molecule has 2 aromatic heterocycles. The van der Waals surface area contributed by atoms with Gasteiger partial charge in [0.05, 0.1) is 17.9 Å². The lowest BCUT2D eigenvalue weighted by atomic mass is 10.1. The SMILES string of the molecule is Cn1c(N2CCCO[C@H](c3cccc(C(N)=O)c3)C2)nc(-c2ccncn2)cc1=O. The summed E-state index contributed by atoms with van der Waals surface area (Å²) in [5.41, 5.74) is 7.61. The lowest BCUT2D eigenvalue weighted by Crippen LogP contribution is -2.34. The van der Waals surface area contributed by atoms with E-state index in [-0.39, 0.29) is 11.7 Å². The number of carbonyl (C=O) groups is 1. The Labute approximate surface area is 173 Å². The number of hydrogen-bond donors (Lipinski definition) is 1. The van der Waals surface area contributed by atoms with E-state index in [9.17, 15) is 9.59 Å². The molecule has 4 rings (SSSR count). The van der Waals surface area contributed by atoms with Gasteiger partial charge < -0.3 is 15.4 Å². The van der Waals surface area contributed by atoms with Crippen molar-refractivity contribution in [3.63, 3.8) is 0 Å². The Kier molecular flexibility index (Phi) is 5.53. The van der Waals surface area contributed by atoms with Crippen molar-refractivity contribution >= 4 is 11.9 Å². The monoisotopic (exact) mass is 406 g/mol. The van der Waals surface area contributed by atoms with Gasteiger partial charge >= 0.3 is 0 Å². The maximum absolute atomic E-state index is 12.6. The first-order chi connectivity index (χ1) is 14.5. The lowest BCUT2D eigenvalue weighted by Gasteiger charge is -2.26. The molecule has 1 atom stereocenters. The molecule has 1 saturated heterocycles. The number of aromatic nitrogens is 4. The minimum absolute atomic E-state index is 0.175. The Balaban J connectivity index is 1.69. The molecule has 0 radical (unpaired) electrons. The van der Waals surface area contributed by atoms with E-state index in [0.29, 0.717) is 42.6 Å². The van der Waals surface area contributed by atoms with Crippen LogP contribution >= 0.6 is 0 Å².